The van der Waals surface area contributed by atoms with Crippen LogP contribution >= 0.6 is 27.5 Å². The molecule has 0 saturated carbocycles. The Bertz CT molecular complexity index is 809. The van der Waals surface area contributed by atoms with Crippen molar-refractivity contribution in [1.82, 2.24) is 0 Å². The number of nitrogens with one attached hydrogen (secondary N) is 1. The van der Waals surface area contributed by atoms with Crippen molar-refractivity contribution in [3.8, 4) is 0 Å². The van der Waals surface area contributed by atoms with Gasteiger partial charge in [0.2, 0.25) is 11.8 Å². The minimum atomic E-state index is -0.375. The van der Waals surface area contributed by atoms with Gasteiger partial charge in [0.1, 0.15) is 0 Å². The van der Waals surface area contributed by atoms with Crippen molar-refractivity contribution in [3.63, 3.8) is 0 Å². The van der Waals surface area contributed by atoms with Crippen LogP contribution in [0.1, 0.15) is 12.0 Å². The normalized spacial score (nSPS) is 17.2. The van der Waals surface area contributed by atoms with E-state index in [0.717, 1.165) is 15.7 Å². The molecule has 2 aromatic rings. The van der Waals surface area contributed by atoms with Crippen LogP contribution in [0.4, 0.5) is 11.4 Å². The highest BCUT2D eigenvalue weighted by atomic mass is 79.9. The van der Waals surface area contributed by atoms with Gasteiger partial charge < -0.3 is 10.2 Å². The summed E-state index contributed by atoms with van der Waals surface area (Å²) in [5.41, 5.74) is 2.51. The second kappa shape index (κ2) is 6.95. The first-order valence-corrected chi connectivity index (χ1v) is 8.74. The molecule has 1 N–H and O–H groups in total. The monoisotopic (exact) mass is 406 g/mol. The summed E-state index contributed by atoms with van der Waals surface area (Å²) in [6.07, 6.45) is 0.213. The third-order valence-electron chi connectivity index (χ3n) is 4.09. The lowest BCUT2D eigenvalue weighted by Gasteiger charge is -2.19. The smallest absolute Gasteiger partial charge is 0.229 e. The summed E-state index contributed by atoms with van der Waals surface area (Å²) in [5.74, 6) is -0.573. The first-order valence-electron chi connectivity index (χ1n) is 7.57. The van der Waals surface area contributed by atoms with E-state index < -0.39 is 0 Å². The molecule has 4 nitrogen and oxygen atoms in total. The molecule has 1 atom stereocenters. The van der Waals surface area contributed by atoms with Crippen molar-refractivity contribution in [2.45, 2.75) is 13.3 Å². The third kappa shape index (κ3) is 3.47. The number of amides is 2. The molecule has 0 radical (unpaired) electrons. The van der Waals surface area contributed by atoms with Crippen molar-refractivity contribution in [1.29, 1.82) is 0 Å². The molecule has 6 heteroatoms. The van der Waals surface area contributed by atoms with Crippen molar-refractivity contribution in [2.24, 2.45) is 5.92 Å². The zero-order valence-corrected chi connectivity index (χ0v) is 15.4. The van der Waals surface area contributed by atoms with Crippen molar-refractivity contribution < 1.29 is 9.59 Å². The lowest BCUT2D eigenvalue weighted by molar-refractivity contribution is -0.122. The van der Waals surface area contributed by atoms with E-state index in [0.29, 0.717) is 17.3 Å². The Morgan fingerprint density at radius 1 is 1.29 bits per heavy atom. The molecular weight excluding hydrogens is 392 g/mol. The molecule has 1 aliphatic rings. The summed E-state index contributed by atoms with van der Waals surface area (Å²) in [4.78, 5) is 26.5. The first-order chi connectivity index (χ1) is 11.5. The number of aryl methyl sites for hydroxylation is 1. The van der Waals surface area contributed by atoms with Gasteiger partial charge in [-0.2, -0.15) is 0 Å². The topological polar surface area (TPSA) is 49.4 Å². The number of hydrogen-bond acceptors (Lipinski definition) is 2. The summed E-state index contributed by atoms with van der Waals surface area (Å²) in [6.45, 7) is 2.35. The molecule has 124 valence electrons. The second-order valence-electron chi connectivity index (χ2n) is 5.81. The minimum Gasteiger partial charge on any atom is -0.326 e. The van der Waals surface area contributed by atoms with Crippen LogP contribution in [0.25, 0.3) is 0 Å². The molecule has 1 heterocycles. The number of halogens is 2. The van der Waals surface area contributed by atoms with Crippen LogP contribution in [0.2, 0.25) is 5.02 Å². The van der Waals surface area contributed by atoms with Gasteiger partial charge in [-0.15, -0.1) is 0 Å². The summed E-state index contributed by atoms with van der Waals surface area (Å²) in [7, 11) is 0. The minimum absolute atomic E-state index is 0.0294. The highest BCUT2D eigenvalue weighted by molar-refractivity contribution is 9.10. The maximum Gasteiger partial charge on any atom is 0.229 e. The number of anilines is 2. The van der Waals surface area contributed by atoms with Gasteiger partial charge in [-0.25, -0.2) is 0 Å². The van der Waals surface area contributed by atoms with E-state index in [1.165, 1.54) is 0 Å². The van der Waals surface area contributed by atoms with Crippen molar-refractivity contribution in [2.75, 3.05) is 16.8 Å². The fourth-order valence-electron chi connectivity index (χ4n) is 2.80. The Balaban J connectivity index is 1.72. The van der Waals surface area contributed by atoms with Crippen molar-refractivity contribution in [3.05, 3.63) is 57.5 Å². The maximum absolute atomic E-state index is 12.5. The third-order valence-corrected chi connectivity index (χ3v) is 5.32. The van der Waals surface area contributed by atoms with E-state index in [2.05, 4.69) is 21.2 Å². The molecule has 2 amide bonds. The van der Waals surface area contributed by atoms with Gasteiger partial charge >= 0.3 is 0 Å². The summed E-state index contributed by atoms with van der Waals surface area (Å²) >= 11 is 9.35. The maximum atomic E-state index is 12.5. The van der Waals surface area contributed by atoms with Gasteiger partial charge in [0.25, 0.3) is 0 Å². The average molecular weight is 408 g/mol. The highest BCUT2D eigenvalue weighted by Gasteiger charge is 2.35. The summed E-state index contributed by atoms with van der Waals surface area (Å²) < 4.78 is 0.768. The number of benzene rings is 2. The highest BCUT2D eigenvalue weighted by Crippen LogP contribution is 2.29. The van der Waals surface area contributed by atoms with E-state index in [1.54, 1.807) is 23.1 Å². The predicted molar refractivity (Wildman–Crippen MR) is 99.4 cm³/mol. The number of carbonyl (C=O) groups is 2. The van der Waals surface area contributed by atoms with Gasteiger partial charge in [-0.3, -0.25) is 9.59 Å². The van der Waals surface area contributed by atoms with Gasteiger partial charge in [0.05, 0.1) is 10.9 Å². The Morgan fingerprint density at radius 3 is 2.75 bits per heavy atom. The molecular formula is C18H16BrClN2O2. The SMILES string of the molecule is Cc1ccccc1N1C[C@H](C(=O)Nc2ccc(Br)c(Cl)c2)CC1=O. The van der Waals surface area contributed by atoms with Gasteiger partial charge in [0, 0.05) is 28.8 Å². The summed E-state index contributed by atoms with van der Waals surface area (Å²) in [5, 5.41) is 3.36. The van der Waals surface area contributed by atoms with E-state index in [-0.39, 0.29) is 24.2 Å². The average Bonchev–Trinajstić information content (AvgIpc) is 2.93. The first kappa shape index (κ1) is 17.0. The van der Waals surface area contributed by atoms with Crippen molar-refractivity contribution >= 4 is 50.7 Å². The van der Waals surface area contributed by atoms with Crippen LogP contribution in [-0.4, -0.2) is 18.4 Å². The predicted octanol–water partition coefficient (Wildman–Crippen LogP) is 4.40. The number of rotatable bonds is 3. The second-order valence-corrected chi connectivity index (χ2v) is 7.07. The lowest BCUT2D eigenvalue weighted by atomic mass is 10.1. The van der Waals surface area contributed by atoms with Gasteiger partial charge in [-0.1, -0.05) is 29.8 Å². The number of hydrogen-bond donors (Lipinski definition) is 1. The standard InChI is InChI=1S/C18H16BrClN2O2/c1-11-4-2-3-5-16(11)22-10-12(8-17(22)23)18(24)21-13-6-7-14(19)15(20)9-13/h2-7,9,12H,8,10H2,1H3,(H,21,24)/t12-/m1/s1. The Morgan fingerprint density at radius 2 is 2.04 bits per heavy atom. The Labute approximate surface area is 153 Å². The molecule has 0 aliphatic carbocycles. The van der Waals surface area contributed by atoms with Gasteiger partial charge in [-0.05, 0) is 52.7 Å². The van der Waals surface area contributed by atoms with Crippen LogP contribution in [0.5, 0.6) is 0 Å². The van der Waals surface area contributed by atoms with Gasteiger partial charge in [0.15, 0.2) is 0 Å². The van der Waals surface area contributed by atoms with E-state index in [4.69, 9.17) is 11.6 Å². The molecule has 1 saturated heterocycles. The van der Waals surface area contributed by atoms with Crippen LogP contribution in [-0.2, 0) is 9.59 Å². The van der Waals surface area contributed by atoms with Crippen LogP contribution in [0.3, 0.4) is 0 Å². The molecule has 0 spiro atoms. The lowest BCUT2D eigenvalue weighted by Crippen LogP contribution is -2.28. The Hall–Kier alpha value is -1.85. The van der Waals surface area contributed by atoms with E-state index in [9.17, 15) is 9.59 Å². The molecule has 0 bridgehead atoms. The largest absolute Gasteiger partial charge is 0.326 e. The molecule has 24 heavy (non-hydrogen) atoms. The van der Waals surface area contributed by atoms with Crippen LogP contribution < -0.4 is 10.2 Å². The molecule has 1 fully saturated rings. The fraction of sp³-hybridized carbons (Fsp3) is 0.222. The van der Waals surface area contributed by atoms with E-state index >= 15 is 0 Å². The molecule has 1 aliphatic heterocycles. The quantitative estimate of drug-likeness (QED) is 0.819. The zero-order valence-electron chi connectivity index (χ0n) is 13.1. The zero-order chi connectivity index (χ0) is 17.3. The van der Waals surface area contributed by atoms with Crippen LogP contribution in [0.15, 0.2) is 46.9 Å². The molecule has 2 aromatic carbocycles. The molecule has 0 aromatic heterocycles. The fourth-order valence-corrected chi connectivity index (χ4v) is 3.23. The number of nitrogens with zero attached hydrogens (tertiary/aromatic N) is 1. The number of carbonyl (C=O) groups excluding carboxylic acids is 2. The van der Waals surface area contributed by atoms with Crippen LogP contribution in [0, 0.1) is 12.8 Å². The Kier molecular flexibility index (Phi) is 4.92. The summed E-state index contributed by atoms with van der Waals surface area (Å²) in [6, 6.07) is 12.9. The number of para-hydroxylation sites is 1. The van der Waals surface area contributed by atoms with E-state index in [1.807, 2.05) is 31.2 Å². The molecule has 0 unspecified atom stereocenters. The molecule has 3 rings (SSSR count).